The summed E-state index contributed by atoms with van der Waals surface area (Å²) in [6.07, 6.45) is 1.48. The summed E-state index contributed by atoms with van der Waals surface area (Å²) in [7, 11) is 2.06. The van der Waals surface area contributed by atoms with Crippen LogP contribution in [0.5, 0.6) is 0 Å². The monoisotopic (exact) mass is 451 g/mol. The molecule has 6 heteroatoms. The molecule has 0 spiro atoms. The summed E-state index contributed by atoms with van der Waals surface area (Å²) in [6.45, 7) is 11.2. The third kappa shape index (κ3) is 5.33. The van der Waals surface area contributed by atoms with E-state index in [0.717, 1.165) is 19.4 Å². The van der Waals surface area contributed by atoms with Crippen LogP contribution in [0.2, 0.25) is 0 Å². The lowest BCUT2D eigenvalue weighted by Crippen LogP contribution is -2.48. The number of nitrogens with zero attached hydrogens (tertiary/aromatic N) is 2. The fourth-order valence-electron chi connectivity index (χ4n) is 5.00. The molecule has 0 atom stereocenters. The largest absolute Gasteiger partial charge is 0.444 e. The Kier molecular flexibility index (Phi) is 6.68. The zero-order chi connectivity index (χ0) is 23.6. The lowest BCUT2D eigenvalue weighted by atomic mass is 9.73. The van der Waals surface area contributed by atoms with Crippen molar-refractivity contribution in [2.24, 2.45) is 0 Å². The van der Waals surface area contributed by atoms with Crippen molar-refractivity contribution in [2.45, 2.75) is 64.7 Å². The van der Waals surface area contributed by atoms with E-state index in [-0.39, 0.29) is 11.5 Å². The molecule has 178 valence electrons. The Morgan fingerprint density at radius 3 is 2.48 bits per heavy atom. The van der Waals surface area contributed by atoms with E-state index in [1.54, 1.807) is 0 Å². The SMILES string of the molecule is Cc1cc2c(c(COCC3(c4ccccc4)CCN(C(=O)OC(C)(C)C)CC3)c1)N(C)NC2. The second kappa shape index (κ2) is 9.35. The zero-order valence-electron chi connectivity index (χ0n) is 20.6. The highest BCUT2D eigenvalue weighted by atomic mass is 16.6. The molecule has 2 aromatic carbocycles. The summed E-state index contributed by atoms with van der Waals surface area (Å²) < 4.78 is 12.0. The number of ether oxygens (including phenoxy) is 2. The molecular formula is C27H37N3O3. The first-order chi connectivity index (χ1) is 15.7. The van der Waals surface area contributed by atoms with Gasteiger partial charge in [0.25, 0.3) is 0 Å². The predicted molar refractivity (Wildman–Crippen MR) is 131 cm³/mol. The molecule has 0 aromatic heterocycles. The van der Waals surface area contributed by atoms with Crippen LogP contribution in [-0.2, 0) is 28.0 Å². The van der Waals surface area contributed by atoms with Gasteiger partial charge in [0.2, 0.25) is 0 Å². The Balaban J connectivity index is 1.47. The molecule has 1 saturated heterocycles. The molecule has 0 radical (unpaired) electrons. The number of hydrogen-bond donors (Lipinski definition) is 1. The third-order valence-electron chi connectivity index (χ3n) is 6.65. The molecule has 2 aliphatic heterocycles. The molecule has 0 bridgehead atoms. The number of carbonyl (C=O) groups excluding carboxylic acids is 1. The van der Waals surface area contributed by atoms with Gasteiger partial charge < -0.3 is 19.4 Å². The van der Waals surface area contributed by atoms with Gasteiger partial charge in [-0.05, 0) is 51.7 Å². The van der Waals surface area contributed by atoms with E-state index in [0.29, 0.717) is 26.3 Å². The van der Waals surface area contributed by atoms with E-state index in [4.69, 9.17) is 9.47 Å². The molecule has 0 unspecified atom stereocenters. The number of hydrogen-bond acceptors (Lipinski definition) is 5. The second-order valence-electron chi connectivity index (χ2n) is 10.4. The average molecular weight is 452 g/mol. The lowest BCUT2D eigenvalue weighted by molar-refractivity contribution is 0.00337. The van der Waals surface area contributed by atoms with Crippen LogP contribution in [0, 0.1) is 6.92 Å². The minimum absolute atomic E-state index is 0.114. The first-order valence-electron chi connectivity index (χ1n) is 11.9. The van der Waals surface area contributed by atoms with Gasteiger partial charge in [0.15, 0.2) is 0 Å². The molecule has 2 heterocycles. The van der Waals surface area contributed by atoms with Gasteiger partial charge in [-0.15, -0.1) is 0 Å². The summed E-state index contributed by atoms with van der Waals surface area (Å²) in [5, 5.41) is 2.10. The van der Waals surface area contributed by atoms with Crippen molar-refractivity contribution in [2.75, 3.05) is 31.8 Å². The molecule has 33 heavy (non-hydrogen) atoms. The smallest absolute Gasteiger partial charge is 0.410 e. The predicted octanol–water partition coefficient (Wildman–Crippen LogP) is 4.93. The van der Waals surface area contributed by atoms with Crippen molar-refractivity contribution < 1.29 is 14.3 Å². The van der Waals surface area contributed by atoms with Gasteiger partial charge in [-0.3, -0.25) is 0 Å². The minimum Gasteiger partial charge on any atom is -0.444 e. The van der Waals surface area contributed by atoms with E-state index >= 15 is 0 Å². The highest BCUT2D eigenvalue weighted by molar-refractivity contribution is 5.68. The van der Waals surface area contributed by atoms with E-state index in [9.17, 15) is 4.79 Å². The van der Waals surface area contributed by atoms with Crippen LogP contribution < -0.4 is 10.4 Å². The summed E-state index contributed by atoms with van der Waals surface area (Å²) >= 11 is 0. The molecule has 2 aliphatic rings. The van der Waals surface area contributed by atoms with Crippen molar-refractivity contribution in [3.05, 3.63) is 64.7 Å². The molecule has 1 amide bonds. The van der Waals surface area contributed by atoms with Gasteiger partial charge in [-0.2, -0.15) is 0 Å². The maximum Gasteiger partial charge on any atom is 0.410 e. The summed E-state index contributed by atoms with van der Waals surface area (Å²) in [6, 6.07) is 15.1. The standard InChI is InChI=1S/C27H37N3O3/c1-20-15-21-17-28-29(5)24(21)22(16-20)18-32-19-27(23-9-7-6-8-10-23)11-13-30(14-12-27)25(31)33-26(2,3)4/h6-10,15-16,28H,11-14,17-19H2,1-5H3. The van der Waals surface area contributed by atoms with Crippen LogP contribution >= 0.6 is 0 Å². The fourth-order valence-corrected chi connectivity index (χ4v) is 5.00. The number of rotatable bonds is 5. The molecule has 2 aromatic rings. The van der Waals surface area contributed by atoms with E-state index in [1.807, 2.05) is 31.7 Å². The highest BCUT2D eigenvalue weighted by Gasteiger charge is 2.39. The van der Waals surface area contributed by atoms with Crippen LogP contribution in [0.1, 0.15) is 55.9 Å². The number of fused-ring (bicyclic) bond motifs is 1. The van der Waals surface area contributed by atoms with Crippen LogP contribution in [0.15, 0.2) is 42.5 Å². The van der Waals surface area contributed by atoms with Gasteiger partial charge in [-0.25, -0.2) is 10.2 Å². The highest BCUT2D eigenvalue weighted by Crippen LogP contribution is 2.37. The molecule has 6 nitrogen and oxygen atoms in total. The minimum atomic E-state index is -0.482. The molecule has 1 fully saturated rings. The van der Waals surface area contributed by atoms with Crippen LogP contribution in [0.3, 0.4) is 0 Å². The quantitative estimate of drug-likeness (QED) is 0.698. The van der Waals surface area contributed by atoms with Crippen molar-refractivity contribution in [1.29, 1.82) is 0 Å². The Labute approximate surface area is 197 Å². The summed E-state index contributed by atoms with van der Waals surface area (Å²) in [5.41, 5.74) is 9.09. The molecule has 0 aliphatic carbocycles. The Hall–Kier alpha value is -2.57. The molecule has 4 rings (SSSR count). The summed E-state index contributed by atoms with van der Waals surface area (Å²) in [5.74, 6) is 0. The Morgan fingerprint density at radius 1 is 1.12 bits per heavy atom. The van der Waals surface area contributed by atoms with Crippen LogP contribution in [-0.4, -0.2) is 43.3 Å². The van der Waals surface area contributed by atoms with Gasteiger partial charge in [0.05, 0.1) is 18.9 Å². The van der Waals surface area contributed by atoms with Crippen molar-refractivity contribution >= 4 is 11.8 Å². The lowest BCUT2D eigenvalue weighted by Gasteiger charge is -2.42. The first kappa shape index (κ1) is 23.6. The van der Waals surface area contributed by atoms with E-state index in [2.05, 4.69) is 60.8 Å². The normalized spacial score (nSPS) is 17.7. The van der Waals surface area contributed by atoms with E-state index < -0.39 is 5.60 Å². The molecule has 0 saturated carbocycles. The van der Waals surface area contributed by atoms with Crippen LogP contribution in [0.4, 0.5) is 10.5 Å². The number of likely N-dealkylation sites (tertiary alicyclic amines) is 1. The van der Waals surface area contributed by atoms with Gasteiger partial charge in [0, 0.05) is 37.7 Å². The number of nitrogens with one attached hydrogen (secondary N) is 1. The number of aryl methyl sites for hydroxylation is 1. The van der Waals surface area contributed by atoms with Crippen molar-refractivity contribution in [3.63, 3.8) is 0 Å². The van der Waals surface area contributed by atoms with Crippen molar-refractivity contribution in [3.8, 4) is 0 Å². The maximum atomic E-state index is 12.6. The molecular weight excluding hydrogens is 414 g/mol. The number of anilines is 1. The van der Waals surface area contributed by atoms with Crippen LogP contribution in [0.25, 0.3) is 0 Å². The zero-order valence-corrected chi connectivity index (χ0v) is 20.6. The maximum absolute atomic E-state index is 12.6. The topological polar surface area (TPSA) is 54.0 Å². The number of piperidine rings is 1. The number of hydrazine groups is 1. The van der Waals surface area contributed by atoms with E-state index in [1.165, 1.54) is 27.9 Å². The molecule has 1 N–H and O–H groups in total. The average Bonchev–Trinajstić information content (AvgIpc) is 3.14. The summed E-state index contributed by atoms with van der Waals surface area (Å²) in [4.78, 5) is 14.4. The first-order valence-corrected chi connectivity index (χ1v) is 11.9. The van der Waals surface area contributed by atoms with Crippen molar-refractivity contribution in [1.82, 2.24) is 10.3 Å². The second-order valence-corrected chi connectivity index (χ2v) is 10.4. The third-order valence-corrected chi connectivity index (χ3v) is 6.65. The Morgan fingerprint density at radius 2 is 1.82 bits per heavy atom. The number of carbonyl (C=O) groups is 1. The fraction of sp³-hybridized carbons (Fsp3) is 0.519. The van der Waals surface area contributed by atoms with Gasteiger partial charge >= 0.3 is 6.09 Å². The van der Waals surface area contributed by atoms with Gasteiger partial charge in [0.1, 0.15) is 5.60 Å². The Bertz CT molecular complexity index is 976. The number of amides is 1. The number of benzene rings is 2. The van der Waals surface area contributed by atoms with Gasteiger partial charge in [-0.1, -0.05) is 48.0 Å².